The van der Waals surface area contributed by atoms with E-state index in [2.05, 4.69) is 15.5 Å². The van der Waals surface area contributed by atoms with Gasteiger partial charge in [0.05, 0.1) is 19.9 Å². The molecule has 1 heterocycles. The minimum Gasteiger partial charge on any atom is -0.497 e. The van der Waals surface area contributed by atoms with Crippen molar-refractivity contribution in [1.82, 2.24) is 10.2 Å². The Morgan fingerprint density at radius 1 is 0.963 bits per heavy atom. The third-order valence-electron chi connectivity index (χ3n) is 4.03. The van der Waals surface area contributed by atoms with Crippen LogP contribution in [0.5, 0.6) is 11.5 Å². The zero-order valence-electron chi connectivity index (χ0n) is 15.3. The standard InChI is InChI=1S/C20H20N4O3/c1-24(14-7-5-4-6-8-14)19-12-10-16(22-23-19)20(25)21-17-13-15(26-2)9-11-18(17)27-3/h4-13H,1-3H3,(H,21,25). The molecule has 0 saturated heterocycles. The van der Waals surface area contributed by atoms with Crippen LogP contribution in [0.2, 0.25) is 0 Å². The van der Waals surface area contributed by atoms with E-state index >= 15 is 0 Å². The molecule has 7 heteroatoms. The number of amides is 1. The highest BCUT2D eigenvalue weighted by Crippen LogP contribution is 2.29. The van der Waals surface area contributed by atoms with Gasteiger partial charge in [-0.2, -0.15) is 0 Å². The Kier molecular flexibility index (Phi) is 5.51. The second kappa shape index (κ2) is 8.18. The van der Waals surface area contributed by atoms with E-state index in [1.54, 1.807) is 37.4 Å². The fraction of sp³-hybridized carbons (Fsp3) is 0.150. The Morgan fingerprint density at radius 3 is 2.37 bits per heavy atom. The molecule has 0 spiro atoms. The number of methoxy groups -OCH3 is 2. The maximum absolute atomic E-state index is 12.5. The number of hydrogen-bond acceptors (Lipinski definition) is 6. The van der Waals surface area contributed by atoms with Gasteiger partial charge >= 0.3 is 0 Å². The first-order valence-corrected chi connectivity index (χ1v) is 8.28. The SMILES string of the molecule is COc1ccc(OC)c(NC(=O)c2ccc(N(C)c3ccccc3)nn2)c1. The summed E-state index contributed by atoms with van der Waals surface area (Å²) < 4.78 is 10.5. The van der Waals surface area contributed by atoms with Gasteiger partial charge < -0.3 is 19.7 Å². The lowest BCUT2D eigenvalue weighted by Crippen LogP contribution is -2.17. The second-order valence-corrected chi connectivity index (χ2v) is 5.69. The molecule has 1 amide bonds. The van der Waals surface area contributed by atoms with E-state index in [1.807, 2.05) is 42.3 Å². The number of rotatable bonds is 6. The van der Waals surface area contributed by atoms with Crippen molar-refractivity contribution in [3.8, 4) is 11.5 Å². The summed E-state index contributed by atoms with van der Waals surface area (Å²) in [5, 5.41) is 11.0. The van der Waals surface area contributed by atoms with Gasteiger partial charge in [0.2, 0.25) is 0 Å². The van der Waals surface area contributed by atoms with Crippen molar-refractivity contribution in [2.75, 3.05) is 31.5 Å². The average molecular weight is 364 g/mol. The molecule has 138 valence electrons. The van der Waals surface area contributed by atoms with Crippen LogP contribution in [-0.4, -0.2) is 37.4 Å². The van der Waals surface area contributed by atoms with Crippen LogP contribution < -0.4 is 19.7 Å². The Hall–Kier alpha value is -3.61. The molecular weight excluding hydrogens is 344 g/mol. The van der Waals surface area contributed by atoms with Gasteiger partial charge in [-0.05, 0) is 36.4 Å². The summed E-state index contributed by atoms with van der Waals surface area (Å²) in [6, 6.07) is 18.3. The number of carbonyl (C=O) groups is 1. The third-order valence-corrected chi connectivity index (χ3v) is 4.03. The molecule has 2 aromatic carbocycles. The van der Waals surface area contributed by atoms with E-state index in [4.69, 9.17) is 9.47 Å². The maximum atomic E-state index is 12.5. The lowest BCUT2D eigenvalue weighted by molar-refractivity contribution is 0.102. The number of aromatic nitrogens is 2. The Labute approximate surface area is 157 Å². The number of carbonyl (C=O) groups excluding carboxylic acids is 1. The molecule has 1 aromatic heterocycles. The van der Waals surface area contributed by atoms with Crippen LogP contribution in [0.1, 0.15) is 10.5 Å². The van der Waals surface area contributed by atoms with Gasteiger partial charge in [-0.25, -0.2) is 0 Å². The number of benzene rings is 2. The monoisotopic (exact) mass is 364 g/mol. The van der Waals surface area contributed by atoms with Crippen molar-refractivity contribution in [3.63, 3.8) is 0 Å². The second-order valence-electron chi connectivity index (χ2n) is 5.69. The van der Waals surface area contributed by atoms with Crippen molar-refractivity contribution in [3.05, 3.63) is 66.4 Å². The van der Waals surface area contributed by atoms with Crippen molar-refractivity contribution in [1.29, 1.82) is 0 Å². The smallest absolute Gasteiger partial charge is 0.276 e. The molecule has 0 aliphatic heterocycles. The van der Waals surface area contributed by atoms with Crippen LogP contribution in [0, 0.1) is 0 Å². The summed E-state index contributed by atoms with van der Waals surface area (Å²) in [5.41, 5.74) is 1.67. The molecule has 3 aromatic rings. The first-order chi connectivity index (χ1) is 13.1. The van der Waals surface area contributed by atoms with Crippen LogP contribution in [-0.2, 0) is 0 Å². The van der Waals surface area contributed by atoms with Crippen molar-refractivity contribution < 1.29 is 14.3 Å². The molecule has 0 unspecified atom stereocenters. The third kappa shape index (κ3) is 4.14. The van der Waals surface area contributed by atoms with E-state index in [-0.39, 0.29) is 11.6 Å². The summed E-state index contributed by atoms with van der Waals surface area (Å²) >= 11 is 0. The van der Waals surface area contributed by atoms with Gasteiger partial charge in [0.1, 0.15) is 11.5 Å². The quantitative estimate of drug-likeness (QED) is 0.721. The summed E-state index contributed by atoms with van der Waals surface area (Å²) in [6.45, 7) is 0. The fourth-order valence-corrected chi connectivity index (χ4v) is 2.51. The zero-order valence-corrected chi connectivity index (χ0v) is 15.3. The van der Waals surface area contributed by atoms with Gasteiger partial charge in [-0.3, -0.25) is 4.79 Å². The molecule has 0 saturated carbocycles. The molecule has 0 bridgehead atoms. The van der Waals surface area contributed by atoms with Gasteiger partial charge in [-0.1, -0.05) is 18.2 Å². The Balaban J connectivity index is 1.77. The molecule has 0 fully saturated rings. The van der Waals surface area contributed by atoms with E-state index in [0.717, 1.165) is 5.69 Å². The lowest BCUT2D eigenvalue weighted by atomic mass is 10.2. The average Bonchev–Trinajstić information content (AvgIpc) is 2.73. The summed E-state index contributed by atoms with van der Waals surface area (Å²) in [5.74, 6) is 1.38. The summed E-state index contributed by atoms with van der Waals surface area (Å²) in [7, 11) is 4.98. The molecule has 0 radical (unpaired) electrons. The predicted octanol–water partition coefficient (Wildman–Crippen LogP) is 3.51. The molecular formula is C20H20N4O3. The maximum Gasteiger partial charge on any atom is 0.276 e. The number of anilines is 3. The highest BCUT2D eigenvalue weighted by atomic mass is 16.5. The van der Waals surface area contributed by atoms with Crippen LogP contribution >= 0.6 is 0 Å². The Bertz CT molecular complexity index is 914. The topological polar surface area (TPSA) is 76.6 Å². The molecule has 7 nitrogen and oxygen atoms in total. The normalized spacial score (nSPS) is 10.2. The largest absolute Gasteiger partial charge is 0.497 e. The molecule has 27 heavy (non-hydrogen) atoms. The molecule has 0 aliphatic carbocycles. The predicted molar refractivity (Wildman–Crippen MR) is 104 cm³/mol. The van der Waals surface area contributed by atoms with Gasteiger partial charge in [-0.15, -0.1) is 10.2 Å². The van der Waals surface area contributed by atoms with Crippen LogP contribution in [0.25, 0.3) is 0 Å². The molecule has 1 N–H and O–H groups in total. The van der Waals surface area contributed by atoms with Crippen molar-refractivity contribution in [2.45, 2.75) is 0 Å². The number of hydrogen-bond donors (Lipinski definition) is 1. The lowest BCUT2D eigenvalue weighted by Gasteiger charge is -2.17. The van der Waals surface area contributed by atoms with E-state index in [1.165, 1.54) is 7.11 Å². The minimum atomic E-state index is -0.386. The fourth-order valence-electron chi connectivity index (χ4n) is 2.51. The summed E-state index contributed by atoms with van der Waals surface area (Å²) in [4.78, 5) is 14.4. The van der Waals surface area contributed by atoms with Crippen LogP contribution in [0.15, 0.2) is 60.7 Å². The molecule has 3 rings (SSSR count). The van der Waals surface area contributed by atoms with Crippen LogP contribution in [0.4, 0.5) is 17.2 Å². The van der Waals surface area contributed by atoms with Crippen molar-refractivity contribution >= 4 is 23.1 Å². The number of nitrogens with zero attached hydrogens (tertiary/aromatic N) is 3. The van der Waals surface area contributed by atoms with Gasteiger partial charge in [0.25, 0.3) is 5.91 Å². The van der Waals surface area contributed by atoms with Crippen molar-refractivity contribution in [2.24, 2.45) is 0 Å². The first kappa shape index (κ1) is 18.2. The van der Waals surface area contributed by atoms with Gasteiger partial charge in [0.15, 0.2) is 11.5 Å². The van der Waals surface area contributed by atoms with Crippen LogP contribution in [0.3, 0.4) is 0 Å². The van der Waals surface area contributed by atoms with E-state index < -0.39 is 0 Å². The molecule has 0 atom stereocenters. The van der Waals surface area contributed by atoms with E-state index in [9.17, 15) is 4.79 Å². The first-order valence-electron chi connectivity index (χ1n) is 8.28. The number of para-hydroxylation sites is 1. The number of ether oxygens (including phenoxy) is 2. The summed E-state index contributed by atoms with van der Waals surface area (Å²) in [6.07, 6.45) is 0. The zero-order chi connectivity index (χ0) is 19.2. The highest BCUT2D eigenvalue weighted by Gasteiger charge is 2.14. The molecule has 0 aliphatic rings. The highest BCUT2D eigenvalue weighted by molar-refractivity contribution is 6.03. The van der Waals surface area contributed by atoms with E-state index in [0.29, 0.717) is 23.0 Å². The minimum absolute atomic E-state index is 0.199. The van der Waals surface area contributed by atoms with Gasteiger partial charge in [0, 0.05) is 18.8 Å². The number of nitrogens with one attached hydrogen (secondary N) is 1. The Morgan fingerprint density at radius 2 is 1.74 bits per heavy atom.